The van der Waals surface area contributed by atoms with Gasteiger partial charge in [-0.05, 0) is 32.5 Å². The molecular formula is C12H15N3S. The van der Waals surface area contributed by atoms with Crippen LogP contribution in [0.2, 0.25) is 0 Å². The number of aryl methyl sites for hydroxylation is 2. The normalized spacial score (nSPS) is 12.7. The molecule has 0 bridgehead atoms. The highest BCUT2D eigenvalue weighted by Gasteiger charge is 2.16. The highest BCUT2D eigenvalue weighted by molar-refractivity contribution is 7.12. The van der Waals surface area contributed by atoms with Crippen LogP contribution in [0.25, 0.3) is 0 Å². The fourth-order valence-corrected chi connectivity index (χ4v) is 2.81. The second kappa shape index (κ2) is 4.72. The quantitative estimate of drug-likeness (QED) is 0.885. The number of hydrogen-bond donors (Lipinski definition) is 1. The minimum Gasteiger partial charge on any atom is -0.307 e. The molecule has 0 saturated heterocycles. The molecule has 2 heterocycles. The van der Waals surface area contributed by atoms with E-state index in [1.165, 1.54) is 15.3 Å². The molecule has 0 spiro atoms. The van der Waals surface area contributed by atoms with Crippen molar-refractivity contribution in [1.29, 1.82) is 0 Å². The Hall–Kier alpha value is -1.26. The molecule has 0 fully saturated rings. The van der Waals surface area contributed by atoms with E-state index < -0.39 is 0 Å². The summed E-state index contributed by atoms with van der Waals surface area (Å²) in [5.41, 5.74) is 2.30. The smallest absolute Gasteiger partial charge is 0.0858 e. The average Bonchev–Trinajstić information content (AvgIpc) is 2.61. The summed E-state index contributed by atoms with van der Waals surface area (Å²) in [6.07, 6.45) is 5.24. The number of thiophene rings is 1. The van der Waals surface area contributed by atoms with Crippen LogP contribution in [0.5, 0.6) is 0 Å². The van der Waals surface area contributed by atoms with Gasteiger partial charge in [-0.2, -0.15) is 0 Å². The summed E-state index contributed by atoms with van der Waals surface area (Å²) in [6.45, 7) is 4.28. The van der Waals surface area contributed by atoms with Gasteiger partial charge in [-0.3, -0.25) is 9.97 Å². The first-order chi connectivity index (χ1) is 7.72. The molecular weight excluding hydrogens is 218 g/mol. The van der Waals surface area contributed by atoms with E-state index in [0.29, 0.717) is 0 Å². The van der Waals surface area contributed by atoms with Gasteiger partial charge in [-0.15, -0.1) is 11.3 Å². The lowest BCUT2D eigenvalue weighted by Gasteiger charge is -2.12. The van der Waals surface area contributed by atoms with Crippen LogP contribution in [0.3, 0.4) is 0 Å². The summed E-state index contributed by atoms with van der Waals surface area (Å²) in [6, 6.07) is 2.36. The van der Waals surface area contributed by atoms with Crippen LogP contribution < -0.4 is 5.32 Å². The third kappa shape index (κ3) is 2.13. The molecule has 0 radical (unpaired) electrons. The maximum absolute atomic E-state index is 4.35. The van der Waals surface area contributed by atoms with E-state index in [0.717, 1.165) is 5.69 Å². The van der Waals surface area contributed by atoms with E-state index in [4.69, 9.17) is 0 Å². The van der Waals surface area contributed by atoms with Crippen LogP contribution in [0.15, 0.2) is 24.7 Å². The molecule has 16 heavy (non-hydrogen) atoms. The van der Waals surface area contributed by atoms with Crippen molar-refractivity contribution in [2.75, 3.05) is 7.05 Å². The highest BCUT2D eigenvalue weighted by atomic mass is 32.1. The van der Waals surface area contributed by atoms with E-state index in [1.54, 1.807) is 12.4 Å². The van der Waals surface area contributed by atoms with E-state index in [1.807, 2.05) is 24.6 Å². The summed E-state index contributed by atoms with van der Waals surface area (Å²) >= 11 is 1.81. The minimum absolute atomic E-state index is 0.145. The number of rotatable bonds is 3. The van der Waals surface area contributed by atoms with Crippen LogP contribution in [-0.4, -0.2) is 17.0 Å². The predicted octanol–water partition coefficient (Wildman–Crippen LogP) is 2.46. The van der Waals surface area contributed by atoms with Crippen molar-refractivity contribution >= 4 is 11.3 Å². The number of aromatic nitrogens is 2. The molecule has 1 unspecified atom stereocenters. The fraction of sp³-hybridized carbons (Fsp3) is 0.333. The molecule has 0 aliphatic carbocycles. The second-order valence-electron chi connectivity index (χ2n) is 3.74. The third-order valence-corrected chi connectivity index (χ3v) is 3.85. The van der Waals surface area contributed by atoms with Gasteiger partial charge < -0.3 is 5.32 Å². The molecule has 2 aromatic heterocycles. The van der Waals surface area contributed by atoms with Crippen LogP contribution in [-0.2, 0) is 0 Å². The van der Waals surface area contributed by atoms with E-state index in [2.05, 4.69) is 35.2 Å². The minimum atomic E-state index is 0.145. The molecule has 4 heteroatoms. The molecule has 3 nitrogen and oxygen atoms in total. The molecule has 2 rings (SSSR count). The molecule has 2 aromatic rings. The SMILES string of the molecule is CNC(c1cnccn1)c1cc(C)c(C)s1. The van der Waals surface area contributed by atoms with Gasteiger partial charge in [0.2, 0.25) is 0 Å². The van der Waals surface area contributed by atoms with Gasteiger partial charge >= 0.3 is 0 Å². The Morgan fingerprint density at radius 2 is 2.12 bits per heavy atom. The Labute approximate surface area is 99.6 Å². The summed E-state index contributed by atoms with van der Waals surface area (Å²) < 4.78 is 0. The maximum Gasteiger partial charge on any atom is 0.0858 e. The van der Waals surface area contributed by atoms with Gasteiger partial charge in [-0.25, -0.2) is 0 Å². The van der Waals surface area contributed by atoms with Gasteiger partial charge in [0.05, 0.1) is 17.9 Å². The van der Waals surface area contributed by atoms with Gasteiger partial charge in [0.1, 0.15) is 0 Å². The van der Waals surface area contributed by atoms with Gasteiger partial charge in [0.15, 0.2) is 0 Å². The summed E-state index contributed by atoms with van der Waals surface area (Å²) in [5, 5.41) is 3.28. The van der Waals surface area contributed by atoms with Gasteiger partial charge in [-0.1, -0.05) is 0 Å². The molecule has 0 aromatic carbocycles. The van der Waals surface area contributed by atoms with Gasteiger partial charge in [0, 0.05) is 22.1 Å². The van der Waals surface area contributed by atoms with Crippen molar-refractivity contribution in [2.24, 2.45) is 0 Å². The topological polar surface area (TPSA) is 37.8 Å². The first-order valence-electron chi connectivity index (χ1n) is 5.22. The Morgan fingerprint density at radius 1 is 1.31 bits per heavy atom. The lowest BCUT2D eigenvalue weighted by molar-refractivity contribution is 0.677. The monoisotopic (exact) mass is 233 g/mol. The van der Waals surface area contributed by atoms with E-state index in [9.17, 15) is 0 Å². The molecule has 84 valence electrons. The van der Waals surface area contributed by atoms with Crippen LogP contribution >= 0.6 is 11.3 Å². The second-order valence-corrected chi connectivity index (χ2v) is 5.03. The fourth-order valence-electron chi connectivity index (χ4n) is 1.64. The standard InChI is InChI=1S/C12H15N3S/c1-8-6-11(16-9(8)2)12(13-3)10-7-14-4-5-15-10/h4-7,12-13H,1-3H3. The molecule has 0 saturated carbocycles. The Balaban J connectivity index is 2.37. The number of nitrogens with zero attached hydrogens (tertiary/aromatic N) is 2. The Bertz CT molecular complexity index is 445. The third-order valence-electron chi connectivity index (χ3n) is 2.64. The van der Waals surface area contributed by atoms with Crippen LogP contribution in [0.1, 0.15) is 27.1 Å². The lowest BCUT2D eigenvalue weighted by atomic mass is 10.1. The summed E-state index contributed by atoms with van der Waals surface area (Å²) in [7, 11) is 1.95. The Kier molecular flexibility index (Phi) is 3.31. The van der Waals surface area contributed by atoms with Gasteiger partial charge in [0.25, 0.3) is 0 Å². The molecule has 0 aliphatic rings. The molecule has 1 N–H and O–H groups in total. The number of hydrogen-bond acceptors (Lipinski definition) is 4. The van der Waals surface area contributed by atoms with Crippen molar-refractivity contribution in [3.8, 4) is 0 Å². The van der Waals surface area contributed by atoms with E-state index in [-0.39, 0.29) is 6.04 Å². The van der Waals surface area contributed by atoms with Crippen LogP contribution in [0, 0.1) is 13.8 Å². The molecule has 0 aliphatic heterocycles. The lowest BCUT2D eigenvalue weighted by Crippen LogP contribution is -2.17. The van der Waals surface area contributed by atoms with Crippen molar-refractivity contribution in [3.05, 3.63) is 45.7 Å². The number of nitrogens with one attached hydrogen (secondary N) is 1. The summed E-state index contributed by atoms with van der Waals surface area (Å²) in [5.74, 6) is 0. The van der Waals surface area contributed by atoms with E-state index >= 15 is 0 Å². The molecule has 1 atom stereocenters. The predicted molar refractivity (Wildman–Crippen MR) is 66.7 cm³/mol. The average molecular weight is 233 g/mol. The first-order valence-corrected chi connectivity index (χ1v) is 6.04. The van der Waals surface area contributed by atoms with Crippen molar-refractivity contribution < 1.29 is 0 Å². The van der Waals surface area contributed by atoms with Crippen molar-refractivity contribution in [3.63, 3.8) is 0 Å². The summed E-state index contributed by atoms with van der Waals surface area (Å²) in [4.78, 5) is 11.1. The highest BCUT2D eigenvalue weighted by Crippen LogP contribution is 2.29. The zero-order valence-electron chi connectivity index (χ0n) is 9.69. The largest absolute Gasteiger partial charge is 0.307 e. The Morgan fingerprint density at radius 3 is 2.62 bits per heavy atom. The van der Waals surface area contributed by atoms with Crippen LogP contribution in [0.4, 0.5) is 0 Å². The zero-order chi connectivity index (χ0) is 11.5. The molecule has 0 amide bonds. The van der Waals surface area contributed by atoms with Crippen molar-refractivity contribution in [1.82, 2.24) is 15.3 Å². The first kappa shape index (κ1) is 11.2. The zero-order valence-corrected chi connectivity index (χ0v) is 10.5. The van der Waals surface area contributed by atoms with Crippen molar-refractivity contribution in [2.45, 2.75) is 19.9 Å². The maximum atomic E-state index is 4.35.